The van der Waals surface area contributed by atoms with E-state index in [-0.39, 0.29) is 0 Å². The summed E-state index contributed by atoms with van der Waals surface area (Å²) in [6.07, 6.45) is 5.53. The molecule has 0 bridgehead atoms. The van der Waals surface area contributed by atoms with Gasteiger partial charge in [-0.25, -0.2) is 0 Å². The quantitative estimate of drug-likeness (QED) is 0.720. The molecule has 0 saturated heterocycles. The Balaban J connectivity index is 0.000000293. The Morgan fingerprint density at radius 1 is 1.14 bits per heavy atom. The third-order valence-corrected chi connectivity index (χ3v) is 2.15. The molecule has 0 unspecified atom stereocenters. The third-order valence-electron chi connectivity index (χ3n) is 2.15. The molecule has 0 aromatic heterocycles. The molecule has 0 saturated carbocycles. The minimum atomic E-state index is -0.826. The van der Waals surface area contributed by atoms with E-state index < -0.39 is 20.8 Å². The van der Waals surface area contributed by atoms with Gasteiger partial charge in [0, 0.05) is 5.92 Å². The van der Waals surface area contributed by atoms with Crippen LogP contribution in [0.5, 0.6) is 0 Å². The van der Waals surface area contributed by atoms with Gasteiger partial charge in [0.05, 0.1) is 0 Å². The molecule has 0 aliphatic heterocycles. The number of hydrogen-bond donors (Lipinski definition) is 0. The Labute approximate surface area is 104 Å². The van der Waals surface area contributed by atoms with Gasteiger partial charge in [-0.05, 0) is 17.5 Å². The van der Waals surface area contributed by atoms with Crippen molar-refractivity contribution in [2.75, 3.05) is 0 Å². The first-order valence-corrected chi connectivity index (χ1v) is 10.8. The van der Waals surface area contributed by atoms with E-state index in [1.165, 1.54) is 17.0 Å². The minimum absolute atomic E-state index is 0.826. The van der Waals surface area contributed by atoms with Crippen LogP contribution in [0.15, 0.2) is 30.3 Å². The average molecular weight is 305 g/mol. The summed E-state index contributed by atoms with van der Waals surface area (Å²) < 4.78 is 0. The standard InChI is InChI=1S/C11H11.2ClH.Zr/c1-2-9-7-8-10-5-3-4-6-11(9)10;;;/h3-8H,2H2,1H3;2*1H;/q;;;+2/p-2. The van der Waals surface area contributed by atoms with Crippen LogP contribution >= 0.6 is 17.0 Å². The third kappa shape index (κ3) is 3.22. The van der Waals surface area contributed by atoms with Crippen LogP contribution in [0, 0.1) is 5.92 Å². The van der Waals surface area contributed by atoms with Crippen molar-refractivity contribution in [3.05, 3.63) is 47.4 Å². The van der Waals surface area contributed by atoms with Crippen LogP contribution in [0.4, 0.5) is 0 Å². The van der Waals surface area contributed by atoms with Crippen LogP contribution in [0.25, 0.3) is 6.08 Å². The Hall–Kier alpha value is 0.423. The summed E-state index contributed by atoms with van der Waals surface area (Å²) in [5.74, 6) is 1.46. The molecule has 1 aliphatic rings. The van der Waals surface area contributed by atoms with Gasteiger partial charge in [-0.3, -0.25) is 0 Å². The summed E-state index contributed by atoms with van der Waals surface area (Å²) in [7, 11) is 9.87. The van der Waals surface area contributed by atoms with Crippen molar-refractivity contribution in [2.24, 2.45) is 0 Å². The van der Waals surface area contributed by atoms with Gasteiger partial charge in [-0.2, -0.15) is 0 Å². The monoisotopic (exact) mass is 303 g/mol. The molecular formula is C11H11Cl2Zr. The van der Waals surface area contributed by atoms with Gasteiger partial charge in [0.15, 0.2) is 0 Å². The van der Waals surface area contributed by atoms with E-state index in [4.69, 9.17) is 17.0 Å². The van der Waals surface area contributed by atoms with Gasteiger partial charge in [-0.15, -0.1) is 0 Å². The van der Waals surface area contributed by atoms with Crippen LogP contribution in [0.2, 0.25) is 0 Å². The molecule has 1 aromatic rings. The molecule has 0 fully saturated rings. The molecule has 0 spiro atoms. The van der Waals surface area contributed by atoms with E-state index in [1.807, 2.05) is 0 Å². The van der Waals surface area contributed by atoms with Gasteiger partial charge < -0.3 is 0 Å². The average Bonchev–Trinajstić information content (AvgIpc) is 2.62. The molecule has 14 heavy (non-hydrogen) atoms. The summed E-state index contributed by atoms with van der Waals surface area (Å²) in [6.45, 7) is 2.20. The molecule has 3 heteroatoms. The Bertz CT molecular complexity index is 310. The van der Waals surface area contributed by atoms with Crippen molar-refractivity contribution in [1.82, 2.24) is 0 Å². The SMILES string of the molecule is CC[C]1C=Cc2ccccc21.[Cl][Zr][Cl]. The van der Waals surface area contributed by atoms with Crippen LogP contribution in [-0.4, -0.2) is 0 Å². The second kappa shape index (κ2) is 6.82. The van der Waals surface area contributed by atoms with Gasteiger partial charge in [-0.1, -0.05) is 43.3 Å². The first-order chi connectivity index (χ1) is 6.83. The van der Waals surface area contributed by atoms with Gasteiger partial charge in [0.2, 0.25) is 0 Å². The van der Waals surface area contributed by atoms with Crippen LogP contribution in [0.1, 0.15) is 24.5 Å². The number of allylic oxidation sites excluding steroid dienone is 1. The Kier molecular flexibility index (Phi) is 6.09. The molecule has 1 aromatic carbocycles. The van der Waals surface area contributed by atoms with Gasteiger partial charge >= 0.3 is 37.9 Å². The van der Waals surface area contributed by atoms with E-state index in [0.29, 0.717) is 0 Å². The van der Waals surface area contributed by atoms with Crippen molar-refractivity contribution >= 4 is 23.1 Å². The fraction of sp³-hybridized carbons (Fsp3) is 0.182. The summed E-state index contributed by atoms with van der Waals surface area (Å²) >= 11 is -0.826. The molecule has 0 atom stereocenters. The number of halogens is 2. The first-order valence-electron chi connectivity index (χ1n) is 4.43. The van der Waals surface area contributed by atoms with Crippen LogP contribution < -0.4 is 0 Å². The van der Waals surface area contributed by atoms with E-state index in [1.54, 1.807) is 0 Å². The van der Waals surface area contributed by atoms with Crippen molar-refractivity contribution in [3.8, 4) is 0 Å². The molecule has 0 amide bonds. The topological polar surface area (TPSA) is 0 Å². The second-order valence-corrected chi connectivity index (χ2v) is 6.60. The van der Waals surface area contributed by atoms with Crippen molar-refractivity contribution in [2.45, 2.75) is 13.3 Å². The summed E-state index contributed by atoms with van der Waals surface area (Å²) in [6, 6.07) is 8.53. The second-order valence-electron chi connectivity index (χ2n) is 2.87. The number of fused-ring (bicyclic) bond motifs is 1. The fourth-order valence-electron chi connectivity index (χ4n) is 1.52. The van der Waals surface area contributed by atoms with Gasteiger partial charge in [0.1, 0.15) is 0 Å². The number of rotatable bonds is 1. The number of hydrogen-bond acceptors (Lipinski definition) is 0. The van der Waals surface area contributed by atoms with E-state index >= 15 is 0 Å². The van der Waals surface area contributed by atoms with Crippen LogP contribution in [-0.2, 0) is 20.8 Å². The van der Waals surface area contributed by atoms with Crippen LogP contribution in [0.3, 0.4) is 0 Å². The molecule has 0 N–H and O–H groups in total. The van der Waals surface area contributed by atoms with E-state index in [0.717, 1.165) is 6.42 Å². The van der Waals surface area contributed by atoms with Crippen molar-refractivity contribution < 1.29 is 20.8 Å². The Morgan fingerprint density at radius 2 is 1.79 bits per heavy atom. The normalized spacial score (nSPS) is 13.1. The zero-order chi connectivity index (χ0) is 10.4. The predicted octanol–water partition coefficient (Wildman–Crippen LogP) is 4.42. The molecule has 73 valence electrons. The van der Waals surface area contributed by atoms with Crippen molar-refractivity contribution in [1.29, 1.82) is 0 Å². The maximum atomic E-state index is 4.93. The molecule has 1 radical (unpaired) electrons. The Morgan fingerprint density at radius 3 is 2.43 bits per heavy atom. The molecule has 0 nitrogen and oxygen atoms in total. The number of benzene rings is 1. The van der Waals surface area contributed by atoms with Gasteiger partial charge in [0.25, 0.3) is 0 Å². The summed E-state index contributed by atoms with van der Waals surface area (Å²) in [4.78, 5) is 0. The zero-order valence-corrected chi connectivity index (χ0v) is 11.9. The summed E-state index contributed by atoms with van der Waals surface area (Å²) in [5.41, 5.74) is 2.78. The van der Waals surface area contributed by atoms with Crippen molar-refractivity contribution in [3.63, 3.8) is 0 Å². The predicted molar refractivity (Wildman–Crippen MR) is 59.8 cm³/mol. The van der Waals surface area contributed by atoms with E-state index in [2.05, 4.69) is 43.3 Å². The first kappa shape index (κ1) is 12.5. The molecular weight excluding hydrogens is 294 g/mol. The maximum absolute atomic E-state index is 4.93. The van der Waals surface area contributed by atoms with E-state index in [9.17, 15) is 0 Å². The summed E-state index contributed by atoms with van der Waals surface area (Å²) in [5, 5.41) is 0. The fourth-order valence-corrected chi connectivity index (χ4v) is 1.52. The molecule has 2 rings (SSSR count). The zero-order valence-electron chi connectivity index (χ0n) is 7.93. The molecule has 0 heterocycles. The molecule has 1 aliphatic carbocycles.